The quantitative estimate of drug-likeness (QED) is 0.236. The second kappa shape index (κ2) is 10.1. The van der Waals surface area contributed by atoms with Crippen LogP contribution in [0.3, 0.4) is 0 Å². The molecule has 3 aromatic carbocycles. The van der Waals surface area contributed by atoms with E-state index < -0.39 is 10.8 Å². The summed E-state index contributed by atoms with van der Waals surface area (Å²) in [6.45, 7) is 0.404. The van der Waals surface area contributed by atoms with E-state index in [0.29, 0.717) is 29.2 Å². The first kappa shape index (κ1) is 22.3. The molecule has 0 unspecified atom stereocenters. The molecule has 0 radical (unpaired) electrons. The number of aromatic nitrogens is 4. The molecule has 11 heteroatoms. The van der Waals surface area contributed by atoms with Crippen LogP contribution in [0.1, 0.15) is 21.5 Å². The number of rotatable bonds is 8. The van der Waals surface area contributed by atoms with E-state index in [4.69, 9.17) is 0 Å². The molecular formula is C23H20N8O3. The van der Waals surface area contributed by atoms with E-state index in [1.54, 1.807) is 43.4 Å². The van der Waals surface area contributed by atoms with Crippen molar-refractivity contribution >= 4 is 23.5 Å². The molecule has 11 nitrogen and oxygen atoms in total. The number of hydrogen-bond donors (Lipinski definition) is 2. The molecule has 0 fully saturated rings. The van der Waals surface area contributed by atoms with Gasteiger partial charge in [-0.15, -0.1) is 10.2 Å². The minimum absolute atomic E-state index is 0.0777. The lowest BCUT2D eigenvalue weighted by atomic mass is 10.1. The van der Waals surface area contributed by atoms with Crippen LogP contribution < -0.4 is 10.7 Å². The molecule has 0 aliphatic heterocycles. The maximum absolute atomic E-state index is 12.4. The van der Waals surface area contributed by atoms with Crippen LogP contribution >= 0.6 is 0 Å². The lowest BCUT2D eigenvalue weighted by Gasteiger charge is -2.04. The summed E-state index contributed by atoms with van der Waals surface area (Å²) in [6.07, 6.45) is 1.35. The number of anilines is 1. The number of nitrogens with zero attached hydrogens (tertiary/aromatic N) is 6. The molecule has 1 amide bonds. The van der Waals surface area contributed by atoms with Crippen molar-refractivity contribution in [3.05, 3.63) is 99.6 Å². The van der Waals surface area contributed by atoms with Crippen LogP contribution in [0.4, 0.5) is 11.4 Å². The number of amides is 1. The molecule has 2 N–H and O–H groups in total. The van der Waals surface area contributed by atoms with E-state index in [9.17, 15) is 14.9 Å². The van der Waals surface area contributed by atoms with Gasteiger partial charge in [-0.05, 0) is 29.0 Å². The standard InChI is InChI=1S/C23H20N8O3/c1-24-20-12-9-17(13-21(20)31(33)34)14-25-27-23(32)19-10-7-16(8-11-19)15-30-28-22(26-29-30)18-5-3-2-4-6-18/h2-14,24H,15H2,1H3,(H,27,32)/b25-14+. The lowest BCUT2D eigenvalue weighted by Crippen LogP contribution is -2.17. The van der Waals surface area contributed by atoms with E-state index in [0.717, 1.165) is 11.1 Å². The zero-order valence-corrected chi connectivity index (χ0v) is 18.1. The molecule has 170 valence electrons. The van der Waals surface area contributed by atoms with Gasteiger partial charge < -0.3 is 5.32 Å². The molecule has 0 spiro atoms. The number of nitrogens with one attached hydrogen (secondary N) is 2. The summed E-state index contributed by atoms with van der Waals surface area (Å²) in [5.74, 6) is 0.134. The Morgan fingerprint density at radius 3 is 2.59 bits per heavy atom. The van der Waals surface area contributed by atoms with Crippen LogP contribution in [0.5, 0.6) is 0 Å². The van der Waals surface area contributed by atoms with Crippen molar-refractivity contribution in [1.29, 1.82) is 0 Å². The highest BCUT2D eigenvalue weighted by Crippen LogP contribution is 2.24. The summed E-state index contributed by atoms with van der Waals surface area (Å²) >= 11 is 0. The minimum Gasteiger partial charge on any atom is -0.383 e. The second-order valence-corrected chi connectivity index (χ2v) is 7.19. The van der Waals surface area contributed by atoms with Crippen molar-refractivity contribution < 1.29 is 9.72 Å². The Hall–Kier alpha value is -4.93. The Morgan fingerprint density at radius 2 is 1.88 bits per heavy atom. The summed E-state index contributed by atoms with van der Waals surface area (Å²) in [7, 11) is 1.60. The monoisotopic (exact) mass is 456 g/mol. The van der Waals surface area contributed by atoms with Crippen LogP contribution in [0.25, 0.3) is 11.4 Å². The van der Waals surface area contributed by atoms with Gasteiger partial charge in [0.2, 0.25) is 5.82 Å². The number of nitro benzene ring substituents is 1. The van der Waals surface area contributed by atoms with Gasteiger partial charge in [-0.2, -0.15) is 9.90 Å². The van der Waals surface area contributed by atoms with Gasteiger partial charge >= 0.3 is 0 Å². The fourth-order valence-corrected chi connectivity index (χ4v) is 3.16. The summed E-state index contributed by atoms with van der Waals surface area (Å²) in [6, 6.07) is 21.1. The highest BCUT2D eigenvalue weighted by Gasteiger charge is 2.13. The van der Waals surface area contributed by atoms with E-state index >= 15 is 0 Å². The Balaban J connectivity index is 1.36. The average molecular weight is 456 g/mol. The molecule has 4 rings (SSSR count). The van der Waals surface area contributed by atoms with Gasteiger partial charge in [0.15, 0.2) is 0 Å². The molecular weight excluding hydrogens is 436 g/mol. The minimum atomic E-state index is -0.485. The predicted molar refractivity (Wildman–Crippen MR) is 127 cm³/mol. The third kappa shape index (κ3) is 5.27. The van der Waals surface area contributed by atoms with Gasteiger partial charge in [-0.3, -0.25) is 14.9 Å². The average Bonchev–Trinajstić information content (AvgIpc) is 3.33. The smallest absolute Gasteiger partial charge is 0.292 e. The van der Waals surface area contributed by atoms with Crippen LogP contribution in [0.15, 0.2) is 77.9 Å². The molecule has 1 aromatic heterocycles. The summed E-state index contributed by atoms with van der Waals surface area (Å²) in [5, 5.41) is 30.3. The van der Waals surface area contributed by atoms with Gasteiger partial charge in [0.1, 0.15) is 5.69 Å². The molecule has 0 saturated heterocycles. The SMILES string of the molecule is CNc1ccc(/C=N/NC(=O)c2ccc(Cn3nnc(-c4ccccc4)n3)cc2)cc1[N+](=O)[O-]. The van der Waals surface area contributed by atoms with E-state index in [1.807, 2.05) is 30.3 Å². The zero-order chi connectivity index (χ0) is 23.9. The number of tetrazole rings is 1. The van der Waals surface area contributed by atoms with E-state index in [2.05, 4.69) is 31.3 Å². The molecule has 0 aliphatic carbocycles. The molecule has 0 saturated carbocycles. The van der Waals surface area contributed by atoms with Crippen molar-refractivity contribution in [3.63, 3.8) is 0 Å². The number of benzene rings is 3. The number of carbonyl (C=O) groups excluding carboxylic acids is 1. The Morgan fingerprint density at radius 1 is 1.12 bits per heavy atom. The fraction of sp³-hybridized carbons (Fsp3) is 0.0870. The molecule has 0 bridgehead atoms. The molecule has 0 aliphatic rings. The van der Waals surface area contributed by atoms with Crippen molar-refractivity contribution in [3.8, 4) is 11.4 Å². The first-order valence-corrected chi connectivity index (χ1v) is 10.3. The van der Waals surface area contributed by atoms with Crippen molar-refractivity contribution in [1.82, 2.24) is 25.6 Å². The van der Waals surface area contributed by atoms with Crippen molar-refractivity contribution in [2.24, 2.45) is 5.10 Å². The van der Waals surface area contributed by atoms with Gasteiger partial charge in [-0.25, -0.2) is 5.43 Å². The van der Waals surface area contributed by atoms with Gasteiger partial charge in [0, 0.05) is 29.8 Å². The van der Waals surface area contributed by atoms with E-state index in [1.165, 1.54) is 17.1 Å². The number of nitro groups is 1. The Bertz CT molecular complexity index is 1330. The second-order valence-electron chi connectivity index (χ2n) is 7.19. The normalized spacial score (nSPS) is 10.9. The number of carbonyl (C=O) groups is 1. The zero-order valence-electron chi connectivity index (χ0n) is 18.1. The van der Waals surface area contributed by atoms with E-state index in [-0.39, 0.29) is 5.69 Å². The Labute approximate surface area is 194 Å². The summed E-state index contributed by atoms with van der Waals surface area (Å²) in [5.41, 5.74) is 5.41. The highest BCUT2D eigenvalue weighted by atomic mass is 16.6. The fourth-order valence-electron chi connectivity index (χ4n) is 3.16. The van der Waals surface area contributed by atoms with Gasteiger partial charge in [-0.1, -0.05) is 48.5 Å². The van der Waals surface area contributed by atoms with Crippen LogP contribution in [0, 0.1) is 10.1 Å². The van der Waals surface area contributed by atoms with Crippen molar-refractivity contribution in [2.45, 2.75) is 6.54 Å². The topological polar surface area (TPSA) is 140 Å². The molecule has 34 heavy (non-hydrogen) atoms. The van der Waals surface area contributed by atoms with Gasteiger partial charge in [0.05, 0.1) is 17.7 Å². The number of hydrazone groups is 1. The first-order chi connectivity index (χ1) is 16.5. The summed E-state index contributed by atoms with van der Waals surface area (Å²) in [4.78, 5) is 24.5. The number of hydrogen-bond acceptors (Lipinski definition) is 8. The summed E-state index contributed by atoms with van der Waals surface area (Å²) < 4.78 is 0. The van der Waals surface area contributed by atoms with Crippen LogP contribution in [-0.2, 0) is 6.54 Å². The van der Waals surface area contributed by atoms with Crippen molar-refractivity contribution in [2.75, 3.05) is 12.4 Å². The molecule has 4 aromatic rings. The third-order valence-corrected chi connectivity index (χ3v) is 4.89. The maximum Gasteiger partial charge on any atom is 0.292 e. The van der Waals surface area contributed by atoms with Gasteiger partial charge in [0.25, 0.3) is 11.6 Å². The first-order valence-electron chi connectivity index (χ1n) is 10.3. The maximum atomic E-state index is 12.4. The predicted octanol–water partition coefficient (Wildman–Crippen LogP) is 3.10. The largest absolute Gasteiger partial charge is 0.383 e. The highest BCUT2D eigenvalue weighted by molar-refractivity contribution is 5.95. The molecule has 0 atom stereocenters. The molecule has 1 heterocycles. The van der Waals surface area contributed by atoms with Crippen LogP contribution in [-0.4, -0.2) is 44.3 Å². The van der Waals surface area contributed by atoms with Crippen LogP contribution in [0.2, 0.25) is 0 Å². The Kier molecular flexibility index (Phi) is 6.63. The third-order valence-electron chi connectivity index (χ3n) is 4.89. The lowest BCUT2D eigenvalue weighted by molar-refractivity contribution is -0.383.